The van der Waals surface area contributed by atoms with Gasteiger partial charge in [0.15, 0.2) is 0 Å². The third kappa shape index (κ3) is 6.46. The fourth-order valence-corrected chi connectivity index (χ4v) is 16.6. The van der Waals surface area contributed by atoms with Crippen LogP contribution in [-0.2, 0) is 6.18 Å². The Morgan fingerprint density at radius 1 is 0.295 bits per heavy atom. The molecule has 0 saturated heterocycles. The summed E-state index contributed by atoms with van der Waals surface area (Å²) in [5, 5.41) is 1.93. The van der Waals surface area contributed by atoms with Crippen molar-refractivity contribution in [3.8, 4) is 5.69 Å². The van der Waals surface area contributed by atoms with E-state index < -0.39 is 31.8 Å². The molecule has 298 valence electrons. The van der Waals surface area contributed by atoms with Gasteiger partial charge in [0, 0.05) is 55.6 Å². The molecule has 1 nitrogen and oxygen atoms in total. The largest absolute Gasteiger partial charge is 0.416 e. The summed E-state index contributed by atoms with van der Waals surface area (Å²) in [6.45, 7) is 0. The first-order valence-corrected chi connectivity index (χ1v) is 23.4. The van der Waals surface area contributed by atoms with Gasteiger partial charge in [0.1, 0.15) is 0 Å². The van der Waals surface area contributed by atoms with E-state index in [-0.39, 0.29) is 0 Å². The number of fused-ring (bicyclic) bond motifs is 3. The van der Waals surface area contributed by atoms with Crippen molar-refractivity contribution in [2.75, 3.05) is 0 Å². The van der Waals surface area contributed by atoms with Crippen molar-refractivity contribution in [3.05, 3.63) is 248 Å². The lowest BCUT2D eigenvalue weighted by Crippen LogP contribution is -2.06. The molecule has 0 spiro atoms. The van der Waals surface area contributed by atoms with Gasteiger partial charge in [0.25, 0.3) is 0 Å². The third-order valence-electron chi connectivity index (χ3n) is 11.4. The summed E-state index contributed by atoms with van der Waals surface area (Å²) in [7, 11) is -4.15. The lowest BCUT2D eigenvalue weighted by Gasteiger charge is -2.42. The van der Waals surface area contributed by atoms with E-state index in [0.29, 0.717) is 5.69 Å². The Bertz CT molecular complexity index is 2720. The molecule has 0 unspecified atom stereocenters. The summed E-state index contributed by atoms with van der Waals surface area (Å²) in [5.41, 5.74) is 1.43. The van der Waals surface area contributed by atoms with Crippen LogP contribution in [0.3, 0.4) is 0 Å². The first kappa shape index (κ1) is 38.5. The maximum Gasteiger partial charge on any atom is 0.416 e. The molecule has 0 radical (unpaired) electrons. The lowest BCUT2D eigenvalue weighted by atomic mass is 10.1. The van der Waals surface area contributed by atoms with Crippen LogP contribution in [0.15, 0.2) is 282 Å². The first-order valence-electron chi connectivity index (χ1n) is 20.1. The molecular weight excluding hydrogens is 796 g/mol. The highest BCUT2D eigenvalue weighted by molar-refractivity contribution is 8.34. The number of rotatable bonds is 9. The van der Waals surface area contributed by atoms with Crippen molar-refractivity contribution in [3.63, 3.8) is 0 Å². The molecule has 10 rings (SSSR count). The number of hydrogen-bond donors (Lipinski definition) is 0. The smallest absolute Gasteiger partial charge is 0.309 e. The molecule has 6 heteroatoms. The summed E-state index contributed by atoms with van der Waals surface area (Å²) in [6, 6.07) is 83.2. The average molecular weight is 836 g/mol. The predicted molar refractivity (Wildman–Crippen MR) is 246 cm³/mol. The van der Waals surface area contributed by atoms with Crippen molar-refractivity contribution in [2.24, 2.45) is 0 Å². The standard InChI is InChI=1S/C55H40F3NS2/c56-55(57,58)41-20-19-21-42(38-41)59-53-36-34-49(60(43-22-7-1-8-23-43,44-24-9-2-10-25-44)45-26-11-3-12-27-45)39-51(53)52-40-50(35-37-54(52)59)61(46-28-13-4-14-29-46,47-30-15-5-16-31-47)48-32-17-6-18-33-48/h1-40H. The molecule has 0 N–H and O–H groups in total. The van der Waals surface area contributed by atoms with Gasteiger partial charge in [-0.15, -0.1) is 20.1 Å². The zero-order chi connectivity index (χ0) is 41.4. The van der Waals surface area contributed by atoms with Crippen molar-refractivity contribution < 1.29 is 13.2 Å². The molecule has 0 atom stereocenters. The van der Waals surface area contributed by atoms with Gasteiger partial charge >= 0.3 is 6.18 Å². The number of aromatic nitrogens is 1. The number of alkyl halides is 3. The summed E-state index contributed by atoms with van der Waals surface area (Å²) in [4.78, 5) is 9.40. The van der Waals surface area contributed by atoms with Crippen molar-refractivity contribution in [2.45, 2.75) is 45.3 Å². The minimum atomic E-state index is -4.50. The minimum Gasteiger partial charge on any atom is -0.309 e. The van der Waals surface area contributed by atoms with Crippen molar-refractivity contribution in [1.82, 2.24) is 4.57 Å². The first-order chi connectivity index (χ1) is 29.9. The summed E-state index contributed by atoms with van der Waals surface area (Å²) >= 11 is 0. The van der Waals surface area contributed by atoms with E-state index in [4.69, 9.17) is 0 Å². The summed E-state index contributed by atoms with van der Waals surface area (Å²) in [6.07, 6.45) is -4.50. The Labute approximate surface area is 357 Å². The maximum atomic E-state index is 14.4. The van der Waals surface area contributed by atoms with E-state index in [9.17, 15) is 13.2 Å². The monoisotopic (exact) mass is 835 g/mol. The van der Waals surface area contributed by atoms with Crippen molar-refractivity contribution in [1.29, 1.82) is 0 Å². The molecular formula is C55H40F3NS2. The zero-order valence-electron chi connectivity index (χ0n) is 33.0. The fourth-order valence-electron chi connectivity index (χ4n) is 8.84. The molecule has 0 fully saturated rings. The maximum absolute atomic E-state index is 14.4. The normalized spacial score (nSPS) is 12.7. The van der Waals surface area contributed by atoms with Gasteiger partial charge in [-0.3, -0.25) is 0 Å². The number of hydrogen-bond acceptors (Lipinski definition) is 0. The Morgan fingerprint density at radius 2 is 0.607 bits per heavy atom. The highest BCUT2D eigenvalue weighted by Crippen LogP contribution is 2.75. The fraction of sp³-hybridized carbons (Fsp3) is 0.0182. The molecule has 0 aliphatic rings. The molecule has 1 aromatic heterocycles. The summed E-state index contributed by atoms with van der Waals surface area (Å²) < 4.78 is 45.1. The second-order valence-electron chi connectivity index (χ2n) is 14.8. The SMILES string of the molecule is FC(F)(F)c1cccc(-n2c3ccc(S(c4ccccc4)(c4ccccc4)c4ccccc4)cc3c3cc(S(c4ccccc4)(c4ccccc4)c4ccccc4)ccc32)c1. The molecule has 0 aliphatic carbocycles. The lowest BCUT2D eigenvalue weighted by molar-refractivity contribution is -0.137. The van der Waals surface area contributed by atoms with E-state index in [1.807, 2.05) is 4.57 Å². The average Bonchev–Trinajstić information content (AvgIpc) is 3.65. The van der Waals surface area contributed by atoms with Crippen molar-refractivity contribution >= 4 is 41.9 Å². The van der Waals surface area contributed by atoms with Gasteiger partial charge in [-0.1, -0.05) is 115 Å². The quantitative estimate of drug-likeness (QED) is 0.136. The van der Waals surface area contributed by atoms with Gasteiger partial charge in [-0.05, 0) is 127 Å². The van der Waals surface area contributed by atoms with Crippen LogP contribution in [-0.4, -0.2) is 4.57 Å². The van der Waals surface area contributed by atoms with Crippen LogP contribution < -0.4 is 0 Å². The molecule has 1 heterocycles. The number of nitrogens with zero attached hydrogens (tertiary/aromatic N) is 1. The minimum absolute atomic E-state index is 0.455. The number of benzene rings is 9. The summed E-state index contributed by atoms with van der Waals surface area (Å²) in [5.74, 6) is 0. The van der Waals surface area contributed by atoms with Crippen LogP contribution in [0.4, 0.5) is 13.2 Å². The predicted octanol–water partition coefficient (Wildman–Crippen LogP) is 16.5. The van der Waals surface area contributed by atoms with E-state index in [0.717, 1.165) is 37.7 Å². The molecule has 0 bridgehead atoms. The topological polar surface area (TPSA) is 4.93 Å². The molecule has 0 amide bonds. The van der Waals surface area contributed by atoms with E-state index >= 15 is 0 Å². The van der Waals surface area contributed by atoms with Gasteiger partial charge in [-0.2, -0.15) is 13.2 Å². The highest BCUT2D eigenvalue weighted by atomic mass is 32.3. The Balaban J connectivity index is 1.35. The van der Waals surface area contributed by atoms with E-state index in [1.165, 1.54) is 41.5 Å². The molecule has 0 saturated carbocycles. The van der Waals surface area contributed by atoms with Crippen LogP contribution in [0.5, 0.6) is 0 Å². The van der Waals surface area contributed by atoms with Crippen LogP contribution in [0, 0.1) is 0 Å². The second-order valence-corrected chi connectivity index (χ2v) is 21.1. The van der Waals surface area contributed by atoms with Crippen LogP contribution in [0.2, 0.25) is 0 Å². The zero-order valence-corrected chi connectivity index (χ0v) is 34.6. The molecule has 9 aromatic carbocycles. The highest BCUT2D eigenvalue weighted by Gasteiger charge is 2.36. The van der Waals surface area contributed by atoms with Crippen LogP contribution in [0.1, 0.15) is 5.56 Å². The van der Waals surface area contributed by atoms with E-state index in [1.54, 1.807) is 6.07 Å². The third-order valence-corrected chi connectivity index (χ3v) is 19.2. The molecule has 0 aliphatic heterocycles. The van der Waals surface area contributed by atoms with Gasteiger partial charge < -0.3 is 4.57 Å². The van der Waals surface area contributed by atoms with Crippen LogP contribution in [0.25, 0.3) is 27.5 Å². The van der Waals surface area contributed by atoms with Gasteiger partial charge in [-0.25, -0.2) is 0 Å². The second kappa shape index (κ2) is 15.7. The number of halogens is 3. The van der Waals surface area contributed by atoms with Gasteiger partial charge in [0.05, 0.1) is 16.6 Å². The van der Waals surface area contributed by atoms with E-state index in [2.05, 4.69) is 218 Å². The molecule has 10 aromatic rings. The Hall–Kier alpha value is -6.73. The Morgan fingerprint density at radius 3 is 0.902 bits per heavy atom. The Kier molecular flexibility index (Phi) is 9.90. The van der Waals surface area contributed by atoms with Gasteiger partial charge in [0.2, 0.25) is 0 Å². The van der Waals surface area contributed by atoms with Crippen LogP contribution >= 0.6 is 20.1 Å². The molecule has 61 heavy (non-hydrogen) atoms.